The van der Waals surface area contributed by atoms with Crippen molar-refractivity contribution in [2.75, 3.05) is 52.9 Å². The summed E-state index contributed by atoms with van der Waals surface area (Å²) in [6.45, 7) is -5.16. The van der Waals surface area contributed by atoms with E-state index in [1.54, 1.807) is 0 Å². The molecule has 0 aromatic carbocycles. The maximum absolute atomic E-state index is 12.6. The summed E-state index contributed by atoms with van der Waals surface area (Å²) in [5.41, 5.74) is 0. The molecule has 0 bridgehead atoms. The first kappa shape index (κ1) is 73.1. The van der Waals surface area contributed by atoms with Crippen LogP contribution in [-0.2, 0) is 71.2 Å². The van der Waals surface area contributed by atoms with Gasteiger partial charge in [0.2, 0.25) is 17.7 Å². The zero-order valence-corrected chi connectivity index (χ0v) is 46.8. The Balaban J connectivity index is 1.26. The number of amides is 3. The van der Waals surface area contributed by atoms with Gasteiger partial charge in [-0.15, -0.1) is 0 Å². The SMILES string of the molecule is CC(=O)N[C@H]1[C@H](O[C@@H]([C@H](O)[C@H](CO)NC(C)=O)[C@H](O)CO)O[C@H](CO)[C@@H](O[C@@H]2O[C@H](CO[C@H]3O[C@H](CO)[C@@H](O)[C@H](O)[C@@H]3O)[C@@H](O)[C@H](O[C@H]3O[C@H](CO)[C@@H](O[C@@H]4O[C@H](CO)[C@@H](O[C@@H]5O[C@H](CO)[C@H](O)[C@H](O)[C@H]5O)[C@H](O)[C@H]4NC(C)=O)[C@H](O)[C@@H]3O)[C@@H]2O)[C@@H]1O. The van der Waals surface area contributed by atoms with Crippen molar-refractivity contribution >= 4 is 17.7 Å². The van der Waals surface area contributed by atoms with E-state index in [4.69, 9.17) is 56.8 Å². The average molecular weight is 1280 g/mol. The molecular formula is C48H83N3O36. The van der Waals surface area contributed by atoms with Crippen molar-refractivity contribution in [1.29, 1.82) is 0 Å². The lowest BCUT2D eigenvalue weighted by molar-refractivity contribution is -0.390. The molecule has 0 aliphatic carbocycles. The predicted molar refractivity (Wildman–Crippen MR) is 269 cm³/mol. The summed E-state index contributed by atoms with van der Waals surface area (Å²) in [7, 11) is 0. The van der Waals surface area contributed by atoms with Crippen LogP contribution in [0.5, 0.6) is 0 Å². The molecule has 6 rings (SSSR count). The zero-order valence-electron chi connectivity index (χ0n) is 46.8. The van der Waals surface area contributed by atoms with Gasteiger partial charge in [0.15, 0.2) is 37.7 Å². The summed E-state index contributed by atoms with van der Waals surface area (Å²) < 4.78 is 69.2. The molecule has 39 heteroatoms. The molecule has 87 heavy (non-hydrogen) atoms. The second-order valence-electron chi connectivity index (χ2n) is 21.6. The molecule has 39 nitrogen and oxygen atoms in total. The van der Waals surface area contributed by atoms with Gasteiger partial charge in [0.25, 0.3) is 0 Å². The van der Waals surface area contributed by atoms with Crippen molar-refractivity contribution in [3.8, 4) is 0 Å². The average Bonchev–Trinajstić information content (AvgIpc) is 1.11. The molecule has 34 atom stereocenters. The molecule has 6 aliphatic rings. The highest BCUT2D eigenvalue weighted by Gasteiger charge is 2.58. The number of aliphatic hydroxyl groups is 21. The first-order valence-electron chi connectivity index (χ1n) is 27.5. The third-order valence-electron chi connectivity index (χ3n) is 15.4. The van der Waals surface area contributed by atoms with E-state index in [2.05, 4.69) is 16.0 Å². The summed E-state index contributed by atoms with van der Waals surface area (Å²) in [4.78, 5) is 37.0. The zero-order chi connectivity index (χ0) is 64.6. The lowest BCUT2D eigenvalue weighted by atomic mass is 9.94. The first-order valence-corrected chi connectivity index (χ1v) is 27.5. The number of carbonyl (C=O) groups excluding carboxylic acids is 3. The number of ether oxygens (including phenoxy) is 12. The van der Waals surface area contributed by atoms with E-state index in [-0.39, 0.29) is 0 Å². The molecular weight excluding hydrogens is 1190 g/mol. The monoisotopic (exact) mass is 1280 g/mol. The Labute approximate surface area is 493 Å². The highest BCUT2D eigenvalue weighted by Crippen LogP contribution is 2.37. The highest BCUT2D eigenvalue weighted by molar-refractivity contribution is 5.74. The Morgan fingerprint density at radius 1 is 0.391 bits per heavy atom. The van der Waals surface area contributed by atoms with Gasteiger partial charge in [0.1, 0.15) is 165 Å². The fourth-order valence-electron chi connectivity index (χ4n) is 10.7. The van der Waals surface area contributed by atoms with Gasteiger partial charge in [-0.05, 0) is 0 Å². The van der Waals surface area contributed by atoms with E-state index in [0.717, 1.165) is 20.8 Å². The van der Waals surface area contributed by atoms with E-state index < -0.39 is 279 Å². The van der Waals surface area contributed by atoms with Gasteiger partial charge >= 0.3 is 0 Å². The number of rotatable bonds is 26. The van der Waals surface area contributed by atoms with Crippen LogP contribution < -0.4 is 16.0 Å². The van der Waals surface area contributed by atoms with E-state index >= 15 is 0 Å². The summed E-state index contributed by atoms with van der Waals surface area (Å²) in [5, 5.41) is 233. The van der Waals surface area contributed by atoms with Gasteiger partial charge in [0, 0.05) is 20.8 Å². The maximum Gasteiger partial charge on any atom is 0.217 e. The van der Waals surface area contributed by atoms with E-state index in [1.165, 1.54) is 0 Å². The Kier molecular flexibility index (Phi) is 27.4. The van der Waals surface area contributed by atoms with Gasteiger partial charge in [-0.1, -0.05) is 0 Å². The first-order chi connectivity index (χ1) is 41.1. The Morgan fingerprint density at radius 3 is 1.23 bits per heavy atom. The second-order valence-corrected chi connectivity index (χ2v) is 21.6. The number of nitrogens with one attached hydrogen (secondary N) is 3. The van der Waals surface area contributed by atoms with Crippen LogP contribution in [0.1, 0.15) is 20.8 Å². The molecule has 24 N–H and O–H groups in total. The molecule has 0 aromatic heterocycles. The third kappa shape index (κ3) is 16.8. The van der Waals surface area contributed by atoms with Gasteiger partial charge in [-0.2, -0.15) is 0 Å². The summed E-state index contributed by atoms with van der Waals surface area (Å²) in [5.74, 6) is -2.52. The number of hydrogen-bond acceptors (Lipinski definition) is 36. The van der Waals surface area contributed by atoms with Crippen LogP contribution in [0.4, 0.5) is 0 Å². The molecule has 6 fully saturated rings. The number of aliphatic hydroxyl groups excluding tert-OH is 21. The van der Waals surface area contributed by atoms with Crippen LogP contribution in [0.15, 0.2) is 0 Å². The quantitative estimate of drug-likeness (QED) is 0.0382. The van der Waals surface area contributed by atoms with Crippen LogP contribution in [0, 0.1) is 0 Å². The van der Waals surface area contributed by atoms with E-state index in [9.17, 15) is 122 Å². The minimum atomic E-state index is -2.38. The lowest BCUT2D eigenvalue weighted by Crippen LogP contribution is -2.70. The smallest absolute Gasteiger partial charge is 0.217 e. The summed E-state index contributed by atoms with van der Waals surface area (Å²) >= 11 is 0. The van der Waals surface area contributed by atoms with Crippen molar-refractivity contribution in [2.45, 2.75) is 229 Å². The van der Waals surface area contributed by atoms with Crippen LogP contribution in [-0.4, -0.2) is 386 Å². The van der Waals surface area contributed by atoms with Crippen LogP contribution in [0.2, 0.25) is 0 Å². The standard InChI is InChI=1S/C48H83N3O36/c1-12(59)49-15(4-52)25(63)38(16(62)5-53)83-43-23(50-13(2)60)29(67)40(20(9-57)79-43)86-48-37(75)42(28(66)22(82-48)11-76-45-34(72)31(69)26(64)17(6-54)77-45)87-47-36(74)33(71)41(21(10-58)81-47)84-44-24(51-14(3)61)30(68)39(19(8-56)80-44)85-46-35(73)32(70)27(65)18(7-55)78-46/h15-48,52-58,62-75H,4-11H2,1-3H3,(H,49,59)(H,50,60)(H,51,61)/t15-,16+,17+,18+,19+,20+,21+,22+,23+,24+,25+,26+,27-,28+,29+,30+,31-,32-,33+,34-,35+,36-,37-,38+,39+,40+,41+,42-,43-,44-,45-,46-,47+,48-/m0/s1. The van der Waals surface area contributed by atoms with Gasteiger partial charge in [-0.3, -0.25) is 14.4 Å². The lowest BCUT2D eigenvalue weighted by Gasteiger charge is -2.50. The van der Waals surface area contributed by atoms with Crippen LogP contribution in [0.3, 0.4) is 0 Å². The molecule has 0 aromatic rings. The molecule has 3 amide bonds. The summed E-state index contributed by atoms with van der Waals surface area (Å²) in [6.07, 6.45) is -61.8. The number of carbonyl (C=O) groups is 3. The van der Waals surface area contributed by atoms with Gasteiger partial charge < -0.3 is 180 Å². The molecule has 0 saturated carbocycles. The van der Waals surface area contributed by atoms with Gasteiger partial charge in [-0.25, -0.2) is 0 Å². The third-order valence-corrected chi connectivity index (χ3v) is 15.4. The Bertz CT molecular complexity index is 2130. The Morgan fingerprint density at radius 2 is 0.770 bits per heavy atom. The minimum absolute atomic E-state index is 0.761. The second kappa shape index (κ2) is 32.6. The summed E-state index contributed by atoms with van der Waals surface area (Å²) in [6, 6.07) is -5.18. The molecule has 6 saturated heterocycles. The van der Waals surface area contributed by atoms with E-state index in [0.29, 0.717) is 0 Å². The molecule has 0 spiro atoms. The van der Waals surface area contributed by atoms with Crippen molar-refractivity contribution in [3.63, 3.8) is 0 Å². The van der Waals surface area contributed by atoms with Crippen molar-refractivity contribution in [2.24, 2.45) is 0 Å². The molecule has 6 aliphatic heterocycles. The van der Waals surface area contributed by atoms with Crippen LogP contribution in [0.25, 0.3) is 0 Å². The van der Waals surface area contributed by atoms with Crippen LogP contribution >= 0.6 is 0 Å². The van der Waals surface area contributed by atoms with Gasteiger partial charge in [0.05, 0.1) is 58.9 Å². The van der Waals surface area contributed by atoms with Crippen molar-refractivity contribution < 1.29 is 178 Å². The molecule has 6 heterocycles. The predicted octanol–water partition coefficient (Wildman–Crippen LogP) is -16.2. The molecule has 506 valence electrons. The minimum Gasteiger partial charge on any atom is -0.394 e. The fraction of sp³-hybridized carbons (Fsp3) is 0.938. The number of hydrogen-bond donors (Lipinski definition) is 24. The molecule has 0 radical (unpaired) electrons. The normalized spacial score (nSPS) is 45.1. The fourth-order valence-corrected chi connectivity index (χ4v) is 10.7. The topological polar surface area (TPSA) is 623 Å². The largest absolute Gasteiger partial charge is 0.394 e. The van der Waals surface area contributed by atoms with Crippen molar-refractivity contribution in [3.05, 3.63) is 0 Å². The Hall–Kier alpha value is -2.91. The van der Waals surface area contributed by atoms with E-state index in [1.807, 2.05) is 0 Å². The maximum atomic E-state index is 12.6. The molecule has 0 unspecified atom stereocenters. The highest BCUT2D eigenvalue weighted by atomic mass is 16.8. The van der Waals surface area contributed by atoms with Crippen molar-refractivity contribution in [1.82, 2.24) is 16.0 Å².